The number of amidine groups is 1. The van der Waals surface area contributed by atoms with Crippen LogP contribution in [0, 0.1) is 0 Å². The van der Waals surface area contributed by atoms with Crippen molar-refractivity contribution in [2.24, 2.45) is 10.1 Å². The van der Waals surface area contributed by atoms with Gasteiger partial charge in [-0.2, -0.15) is 0 Å². The Bertz CT molecular complexity index is 1050. The molecule has 0 amide bonds. The first-order chi connectivity index (χ1) is 12.4. The Balaban J connectivity index is 1.59. The second kappa shape index (κ2) is 8.01. The molecule has 0 aliphatic heterocycles. The number of hydrogen-bond acceptors (Lipinski definition) is 3. The van der Waals surface area contributed by atoms with E-state index in [1.54, 1.807) is 12.1 Å². The Morgan fingerprint density at radius 2 is 1.69 bits per heavy atom. The standard InChI is InChI=1S/C19H18N3O2SSe/c20-25(23,24)18-9-5-14(6-10-18)11-12-21-19(26)22-17-8-7-15-3-1-2-4-16(15)13-17/h1-10,13H,11-12H2,(H,21,22)(H2,20,23,24). The molecule has 0 aliphatic carbocycles. The van der Waals surface area contributed by atoms with Crippen LogP contribution in [0.4, 0.5) is 5.69 Å². The molecule has 3 rings (SSSR count). The van der Waals surface area contributed by atoms with Crippen molar-refractivity contribution in [2.45, 2.75) is 11.3 Å². The molecule has 3 N–H and O–H groups in total. The first-order valence-corrected chi connectivity index (χ1v) is 10.4. The summed E-state index contributed by atoms with van der Waals surface area (Å²) in [5.74, 6) is 0. The summed E-state index contributed by atoms with van der Waals surface area (Å²) in [6.45, 7) is 0.581. The van der Waals surface area contributed by atoms with Gasteiger partial charge in [-0.3, -0.25) is 0 Å². The van der Waals surface area contributed by atoms with Crippen LogP contribution >= 0.6 is 0 Å². The van der Waals surface area contributed by atoms with E-state index in [1.807, 2.05) is 18.2 Å². The number of aliphatic imine (C=N–C) groups is 1. The molecular weight excluding hydrogens is 413 g/mol. The molecule has 0 spiro atoms. The molecule has 5 nitrogen and oxygen atoms in total. The number of nitrogens with two attached hydrogens (primary N) is 1. The van der Waals surface area contributed by atoms with Crippen molar-refractivity contribution in [2.75, 3.05) is 11.9 Å². The van der Waals surface area contributed by atoms with Crippen molar-refractivity contribution < 1.29 is 8.42 Å². The summed E-state index contributed by atoms with van der Waals surface area (Å²) in [7, 11) is -3.65. The van der Waals surface area contributed by atoms with Gasteiger partial charge in [-0.25, -0.2) is 0 Å². The number of benzene rings is 3. The van der Waals surface area contributed by atoms with Crippen LogP contribution in [-0.4, -0.2) is 35.7 Å². The van der Waals surface area contributed by atoms with Gasteiger partial charge in [0.15, 0.2) is 0 Å². The fourth-order valence-electron chi connectivity index (χ4n) is 2.56. The van der Waals surface area contributed by atoms with Crippen molar-refractivity contribution in [3.63, 3.8) is 0 Å². The topological polar surface area (TPSA) is 84.6 Å². The van der Waals surface area contributed by atoms with Crippen molar-refractivity contribution in [1.82, 2.24) is 0 Å². The number of hydrogen-bond donors (Lipinski definition) is 2. The average Bonchev–Trinajstić information content (AvgIpc) is 2.61. The van der Waals surface area contributed by atoms with Crippen LogP contribution in [0.2, 0.25) is 0 Å². The van der Waals surface area contributed by atoms with Gasteiger partial charge < -0.3 is 0 Å². The summed E-state index contributed by atoms with van der Waals surface area (Å²) >= 11 is 2.93. The van der Waals surface area contributed by atoms with Crippen molar-refractivity contribution in [3.8, 4) is 0 Å². The van der Waals surface area contributed by atoms with Gasteiger partial charge in [-0.1, -0.05) is 0 Å². The average molecular weight is 431 g/mol. The number of fused-ring (bicyclic) bond motifs is 1. The summed E-state index contributed by atoms with van der Waals surface area (Å²) in [5.41, 5.74) is 1.97. The number of sulfonamides is 1. The van der Waals surface area contributed by atoms with E-state index in [-0.39, 0.29) is 4.90 Å². The molecule has 133 valence electrons. The van der Waals surface area contributed by atoms with E-state index in [1.165, 1.54) is 22.9 Å². The molecule has 0 bridgehead atoms. The van der Waals surface area contributed by atoms with E-state index in [4.69, 9.17) is 5.14 Å². The Morgan fingerprint density at radius 3 is 2.38 bits per heavy atom. The third kappa shape index (κ3) is 4.93. The summed E-state index contributed by atoms with van der Waals surface area (Å²) in [4.78, 5) is 4.59. The van der Waals surface area contributed by atoms with Gasteiger partial charge in [-0.05, 0) is 0 Å². The summed E-state index contributed by atoms with van der Waals surface area (Å²) < 4.78 is 23.2. The van der Waals surface area contributed by atoms with Crippen LogP contribution in [0.25, 0.3) is 10.8 Å². The molecule has 0 aromatic heterocycles. The maximum absolute atomic E-state index is 11.2. The van der Waals surface area contributed by atoms with Crippen LogP contribution in [-0.2, 0) is 16.4 Å². The van der Waals surface area contributed by atoms with Crippen molar-refractivity contribution in [1.29, 1.82) is 0 Å². The molecule has 3 aromatic carbocycles. The van der Waals surface area contributed by atoms with E-state index in [0.717, 1.165) is 11.3 Å². The van der Waals surface area contributed by atoms with E-state index < -0.39 is 10.0 Å². The fourth-order valence-corrected chi connectivity index (χ4v) is 3.52. The summed E-state index contributed by atoms with van der Waals surface area (Å²) in [6, 6.07) is 20.9. The van der Waals surface area contributed by atoms with Crippen molar-refractivity contribution in [3.05, 3.63) is 72.3 Å². The Labute approximate surface area is 161 Å². The third-order valence-electron chi connectivity index (χ3n) is 3.91. The molecule has 1 radical (unpaired) electrons. The maximum atomic E-state index is 11.2. The Morgan fingerprint density at radius 1 is 1.00 bits per heavy atom. The molecule has 0 fully saturated rings. The number of primary sulfonamides is 1. The quantitative estimate of drug-likeness (QED) is 0.370. The number of rotatable bonds is 5. The predicted molar refractivity (Wildman–Crippen MR) is 107 cm³/mol. The van der Waals surface area contributed by atoms with Gasteiger partial charge in [0, 0.05) is 0 Å². The molecule has 26 heavy (non-hydrogen) atoms. The monoisotopic (exact) mass is 432 g/mol. The molecule has 0 heterocycles. The van der Waals surface area contributed by atoms with Crippen LogP contribution in [0.3, 0.4) is 0 Å². The van der Waals surface area contributed by atoms with Gasteiger partial charge >= 0.3 is 161 Å². The fraction of sp³-hybridized carbons (Fsp3) is 0.105. The molecule has 0 saturated carbocycles. The normalized spacial score (nSPS) is 12.3. The number of nitrogens with zero attached hydrogens (tertiary/aromatic N) is 1. The van der Waals surface area contributed by atoms with Gasteiger partial charge in [0.1, 0.15) is 0 Å². The first kappa shape index (κ1) is 18.6. The van der Waals surface area contributed by atoms with Crippen molar-refractivity contribution >= 4 is 47.2 Å². The molecule has 0 saturated heterocycles. The molecule has 3 aromatic rings. The molecule has 7 heteroatoms. The Hall–Kier alpha value is -2.18. The van der Waals surface area contributed by atoms with Gasteiger partial charge in [0.05, 0.1) is 0 Å². The van der Waals surface area contributed by atoms with Crippen LogP contribution in [0.5, 0.6) is 0 Å². The minimum absolute atomic E-state index is 0.118. The zero-order valence-electron chi connectivity index (χ0n) is 13.9. The molecular formula is C19H18N3O2SSe. The van der Waals surface area contributed by atoms with Gasteiger partial charge in [-0.15, -0.1) is 0 Å². The third-order valence-corrected chi connectivity index (χ3v) is 5.32. The SMILES string of the molecule is NS(=O)(=O)c1ccc(CCN=C([Se])Nc2ccc3ccccc3c2)cc1. The van der Waals surface area contributed by atoms with Crippen LogP contribution < -0.4 is 10.5 Å². The molecule has 0 atom stereocenters. The van der Waals surface area contributed by atoms with Crippen LogP contribution in [0.15, 0.2) is 76.6 Å². The van der Waals surface area contributed by atoms with E-state index >= 15 is 0 Å². The summed E-state index contributed by atoms with van der Waals surface area (Å²) in [6.07, 6.45) is 0.704. The minimum atomic E-state index is -3.65. The second-order valence-corrected chi connectivity index (χ2v) is 8.19. The first-order valence-electron chi connectivity index (χ1n) is 8.01. The predicted octanol–water partition coefficient (Wildman–Crippen LogP) is 2.67. The second-order valence-electron chi connectivity index (χ2n) is 5.81. The van der Waals surface area contributed by atoms with Gasteiger partial charge in [0.25, 0.3) is 0 Å². The molecule has 0 aliphatic rings. The van der Waals surface area contributed by atoms with E-state index in [2.05, 4.69) is 50.6 Å². The number of anilines is 1. The van der Waals surface area contributed by atoms with E-state index in [0.29, 0.717) is 17.7 Å². The zero-order valence-corrected chi connectivity index (χ0v) is 16.5. The summed E-state index contributed by atoms with van der Waals surface area (Å²) in [5, 5.41) is 10.7. The number of nitrogens with one attached hydrogen (secondary N) is 1. The van der Waals surface area contributed by atoms with Gasteiger partial charge in [0.2, 0.25) is 0 Å². The van der Waals surface area contributed by atoms with E-state index in [9.17, 15) is 8.42 Å². The molecule has 0 unspecified atom stereocenters. The van der Waals surface area contributed by atoms with Crippen LogP contribution in [0.1, 0.15) is 5.56 Å². The zero-order chi connectivity index (χ0) is 18.6. The Kier molecular flexibility index (Phi) is 5.73.